The van der Waals surface area contributed by atoms with E-state index in [1.54, 1.807) is 6.20 Å². The largest absolute Gasteiger partial charge is 0.449 e. The number of primary amides is 1. The third-order valence-corrected chi connectivity index (χ3v) is 10.5. The highest BCUT2D eigenvalue weighted by atomic mass is 16.5. The lowest BCUT2D eigenvalue weighted by Crippen LogP contribution is -2.59. The van der Waals surface area contributed by atoms with Gasteiger partial charge in [0.25, 0.3) is 0 Å². The number of aromatic amines is 1. The fraction of sp³-hybridized carbons (Fsp3) is 0.311. The molecule has 4 aromatic rings. The molecule has 0 bridgehead atoms. The minimum absolute atomic E-state index is 0.0186. The average Bonchev–Trinajstić information content (AvgIpc) is 3.81. The van der Waals surface area contributed by atoms with Crippen LogP contribution in [0, 0.1) is 5.41 Å². The molecule has 1 aromatic heterocycles. The summed E-state index contributed by atoms with van der Waals surface area (Å²) in [5, 5.41) is 24.1. The van der Waals surface area contributed by atoms with E-state index in [1.165, 1.54) is 19.1 Å². The summed E-state index contributed by atoms with van der Waals surface area (Å²) in [5.74, 6) is -4.14. The summed E-state index contributed by atoms with van der Waals surface area (Å²) in [6.07, 6.45) is 4.13. The van der Waals surface area contributed by atoms with Crippen LogP contribution in [0.2, 0.25) is 0 Å². The highest BCUT2D eigenvalue weighted by molar-refractivity contribution is 5.96. The van der Waals surface area contributed by atoms with Gasteiger partial charge in [0, 0.05) is 36.0 Å². The molecule has 0 spiro atoms. The number of carbonyl (C=O) groups is 6. The number of fused-ring (bicyclic) bond motifs is 4. The number of guanidine groups is 1. The van der Waals surface area contributed by atoms with Crippen molar-refractivity contribution in [3.63, 3.8) is 0 Å². The molecule has 62 heavy (non-hydrogen) atoms. The van der Waals surface area contributed by atoms with Crippen LogP contribution in [0.5, 0.6) is 0 Å². The lowest BCUT2D eigenvalue weighted by molar-refractivity contribution is -0.134. The van der Waals surface area contributed by atoms with Crippen LogP contribution in [0.15, 0.2) is 104 Å². The minimum Gasteiger partial charge on any atom is -0.449 e. The molecule has 1 heterocycles. The van der Waals surface area contributed by atoms with Gasteiger partial charge in [-0.1, -0.05) is 78.9 Å². The number of nitrogens with two attached hydrogens (primary N) is 2. The summed E-state index contributed by atoms with van der Waals surface area (Å²) in [7, 11) is 0. The molecule has 0 aliphatic heterocycles. The molecular formula is C45H54N10O7. The number of alkyl carbamates (subject to hydrolysis) is 1. The van der Waals surface area contributed by atoms with Gasteiger partial charge in [0.05, 0.1) is 0 Å². The highest BCUT2D eigenvalue weighted by Crippen LogP contribution is 2.44. The van der Waals surface area contributed by atoms with Crippen molar-refractivity contribution in [1.29, 1.82) is 5.41 Å². The number of H-pyrrole nitrogens is 1. The number of aromatic nitrogens is 1. The number of hydrogen-bond donors (Lipinski definition) is 10. The fourth-order valence-electron chi connectivity index (χ4n) is 7.34. The molecule has 1 aliphatic carbocycles. The third-order valence-electron chi connectivity index (χ3n) is 10.5. The fourth-order valence-corrected chi connectivity index (χ4v) is 7.34. The molecule has 5 rings (SSSR count). The molecule has 1 aliphatic rings. The van der Waals surface area contributed by atoms with E-state index in [0.717, 1.165) is 33.2 Å². The van der Waals surface area contributed by atoms with Crippen molar-refractivity contribution in [3.05, 3.63) is 121 Å². The number of hydrogen-bond acceptors (Lipinski definition) is 8. The van der Waals surface area contributed by atoms with E-state index in [9.17, 15) is 28.8 Å². The second kappa shape index (κ2) is 21.7. The Labute approximate surface area is 359 Å². The lowest BCUT2D eigenvalue weighted by Gasteiger charge is -2.26. The summed E-state index contributed by atoms with van der Waals surface area (Å²) >= 11 is 0. The van der Waals surface area contributed by atoms with Crippen LogP contribution in [0.1, 0.15) is 55.2 Å². The van der Waals surface area contributed by atoms with Crippen LogP contribution < -0.4 is 43.4 Å². The van der Waals surface area contributed by atoms with Crippen LogP contribution in [-0.2, 0) is 35.1 Å². The summed E-state index contributed by atoms with van der Waals surface area (Å²) < 4.78 is 5.65. The first kappa shape index (κ1) is 45.7. The Morgan fingerprint density at radius 2 is 1.31 bits per heavy atom. The number of nitrogens with one attached hydrogen (secondary N) is 8. The zero-order valence-corrected chi connectivity index (χ0v) is 34.5. The first-order chi connectivity index (χ1) is 29.8. The van der Waals surface area contributed by atoms with Gasteiger partial charge in [-0.25, -0.2) is 4.79 Å². The van der Waals surface area contributed by atoms with Gasteiger partial charge < -0.3 is 53.1 Å². The van der Waals surface area contributed by atoms with Crippen molar-refractivity contribution in [3.8, 4) is 11.1 Å². The normalized spacial score (nSPS) is 14.0. The van der Waals surface area contributed by atoms with Gasteiger partial charge in [0.1, 0.15) is 36.8 Å². The van der Waals surface area contributed by atoms with E-state index in [0.29, 0.717) is 5.56 Å². The number of benzene rings is 3. The van der Waals surface area contributed by atoms with Gasteiger partial charge in [-0.05, 0) is 66.5 Å². The molecule has 326 valence electrons. The second-order valence-corrected chi connectivity index (χ2v) is 14.9. The lowest BCUT2D eigenvalue weighted by atomic mass is 9.98. The Morgan fingerprint density at radius 1 is 0.742 bits per heavy atom. The molecule has 3 aromatic carbocycles. The Bertz CT molecular complexity index is 2260. The highest BCUT2D eigenvalue weighted by Gasteiger charge is 2.33. The van der Waals surface area contributed by atoms with E-state index in [1.807, 2.05) is 72.8 Å². The Kier molecular flexibility index (Phi) is 16.0. The predicted octanol–water partition coefficient (Wildman–Crippen LogP) is 2.48. The molecule has 12 N–H and O–H groups in total. The van der Waals surface area contributed by atoms with Gasteiger partial charge >= 0.3 is 6.09 Å². The Balaban J connectivity index is 1.27. The van der Waals surface area contributed by atoms with E-state index in [2.05, 4.69) is 50.0 Å². The molecule has 0 radical (unpaired) electrons. The van der Waals surface area contributed by atoms with Crippen molar-refractivity contribution in [2.45, 2.75) is 75.2 Å². The summed E-state index contributed by atoms with van der Waals surface area (Å²) in [6.45, 7) is 8.96. The van der Waals surface area contributed by atoms with Crippen LogP contribution >= 0.6 is 0 Å². The van der Waals surface area contributed by atoms with Gasteiger partial charge in [-0.2, -0.15) is 0 Å². The van der Waals surface area contributed by atoms with Crippen molar-refractivity contribution in [2.75, 3.05) is 13.2 Å². The second-order valence-electron chi connectivity index (χ2n) is 14.9. The predicted molar refractivity (Wildman–Crippen MR) is 235 cm³/mol. The van der Waals surface area contributed by atoms with Gasteiger partial charge in [-0.3, -0.25) is 29.4 Å². The Morgan fingerprint density at radius 3 is 1.95 bits per heavy atom. The van der Waals surface area contributed by atoms with Crippen LogP contribution in [-0.4, -0.2) is 89.9 Å². The van der Waals surface area contributed by atoms with Crippen LogP contribution in [0.25, 0.3) is 22.0 Å². The van der Waals surface area contributed by atoms with E-state index < -0.39 is 65.8 Å². The zero-order chi connectivity index (χ0) is 44.8. The summed E-state index contributed by atoms with van der Waals surface area (Å²) in [4.78, 5) is 83.4. The summed E-state index contributed by atoms with van der Waals surface area (Å²) in [6, 6.07) is 17.3. The third kappa shape index (κ3) is 11.9. The van der Waals surface area contributed by atoms with Crippen molar-refractivity contribution < 1.29 is 33.5 Å². The van der Waals surface area contributed by atoms with Gasteiger partial charge in [0.15, 0.2) is 5.96 Å². The van der Waals surface area contributed by atoms with Crippen LogP contribution in [0.4, 0.5) is 4.79 Å². The van der Waals surface area contributed by atoms with Gasteiger partial charge in [-0.15, -0.1) is 13.2 Å². The smallest absolute Gasteiger partial charge is 0.407 e. The first-order valence-electron chi connectivity index (χ1n) is 20.3. The van der Waals surface area contributed by atoms with Crippen molar-refractivity contribution in [1.82, 2.24) is 36.9 Å². The SMILES string of the molecule is C=CCC(NC(=O)OCC1c2ccccc2-c2ccccc21)C(=O)N[C@@H](C)C(=O)N[C@@H](Cc1c[nH]c2ccccc12)C(=O)N[C@@H](CCCNC(=N)N)C(=O)N[C@@H](CC=C)C(N)=O. The molecule has 6 amide bonds. The quantitative estimate of drug-likeness (QED) is 0.0241. The number of para-hydroxylation sites is 1. The monoisotopic (exact) mass is 846 g/mol. The topological polar surface area (TPSA) is 276 Å². The van der Waals surface area contributed by atoms with E-state index in [-0.39, 0.29) is 57.1 Å². The molecule has 17 nitrogen and oxygen atoms in total. The van der Waals surface area contributed by atoms with E-state index >= 15 is 0 Å². The minimum atomic E-state index is -1.27. The standard InChI is InChI=1S/C45H54N10O7/c1-4-13-35(39(46)56)52-42(59)37(21-12-22-49-44(47)48)53-43(60)38(23-27-24-50-34-20-11-10-15-28(27)34)54-40(57)26(3)51-41(58)36(14-5-2)55-45(61)62-25-33-31-18-8-6-16-29(31)30-17-7-9-19-32(30)33/h4-11,15-20,24,26,33,35-38,50H,1-2,12-14,21-23,25H2,3H3,(H2,46,56)(H,51,58)(H,52,59)(H,53,60)(H,54,57)(H,55,61)(H4,47,48,49)/t26-,35-,36?,37-,38-/m0/s1. The van der Waals surface area contributed by atoms with Gasteiger partial charge in [0.2, 0.25) is 29.5 Å². The maximum Gasteiger partial charge on any atom is 0.407 e. The van der Waals surface area contributed by atoms with Crippen molar-refractivity contribution >= 4 is 52.5 Å². The zero-order valence-electron chi connectivity index (χ0n) is 34.5. The molecule has 0 saturated carbocycles. The van der Waals surface area contributed by atoms with E-state index in [4.69, 9.17) is 21.6 Å². The summed E-state index contributed by atoms with van der Waals surface area (Å²) in [5.41, 5.74) is 16.6. The Hall–Kier alpha value is -7.43. The van der Waals surface area contributed by atoms with Crippen LogP contribution in [0.3, 0.4) is 0 Å². The first-order valence-corrected chi connectivity index (χ1v) is 20.3. The molecule has 17 heteroatoms. The number of rotatable bonds is 22. The molecule has 0 fully saturated rings. The number of ether oxygens (including phenoxy) is 1. The maximum absolute atomic E-state index is 14.1. The maximum atomic E-state index is 14.1. The number of carbonyl (C=O) groups excluding carboxylic acids is 6. The average molecular weight is 847 g/mol. The molecular weight excluding hydrogens is 793 g/mol. The number of amides is 6. The molecule has 5 atom stereocenters. The van der Waals surface area contributed by atoms with Crippen molar-refractivity contribution in [2.24, 2.45) is 11.5 Å². The molecule has 0 saturated heterocycles. The molecule has 1 unspecified atom stereocenters.